The number of pyridine rings is 1. The van der Waals surface area contributed by atoms with Crippen LogP contribution in [-0.4, -0.2) is 10.8 Å². The third-order valence-corrected chi connectivity index (χ3v) is 1.50. The molecule has 0 amide bonds. The molecule has 0 aliphatic carbocycles. The molecule has 2 nitrogen and oxygen atoms in total. The number of nitrogens with zero attached hydrogens (tertiary/aromatic N) is 1. The van der Waals surface area contributed by atoms with Gasteiger partial charge in [-0.05, 0) is 6.07 Å². The zero-order valence-electron chi connectivity index (χ0n) is 7.02. The van der Waals surface area contributed by atoms with E-state index in [2.05, 4.69) is 4.98 Å². The maximum absolute atomic E-state index is 12.8. The first-order valence-electron chi connectivity index (χ1n) is 3.56. The summed E-state index contributed by atoms with van der Waals surface area (Å²) < 4.78 is 48.9. The molecule has 0 saturated heterocycles. The van der Waals surface area contributed by atoms with Crippen molar-refractivity contribution in [3.05, 3.63) is 29.3 Å². The summed E-state index contributed by atoms with van der Waals surface area (Å²) in [4.78, 5) is 13.7. The van der Waals surface area contributed by atoms with Crippen LogP contribution in [0.2, 0.25) is 0 Å². The lowest BCUT2D eigenvalue weighted by atomic mass is 10.2. The predicted octanol–water partition coefficient (Wildman–Crippen LogP) is 2.44. The molecule has 0 spiro atoms. The molecule has 0 N–H and O–H groups in total. The number of rotatable bonds is 1. The maximum atomic E-state index is 12.8. The van der Waals surface area contributed by atoms with Crippen molar-refractivity contribution in [2.45, 2.75) is 13.1 Å². The Hall–Kier alpha value is -1.46. The van der Waals surface area contributed by atoms with Crippen molar-refractivity contribution in [2.24, 2.45) is 0 Å². The number of Topliss-reactive ketones (excluding diaryl/α,β-unsaturated/α-hetero) is 1. The Morgan fingerprint density at radius 2 is 2.00 bits per heavy atom. The molecule has 1 heterocycles. The van der Waals surface area contributed by atoms with Crippen molar-refractivity contribution < 1.29 is 22.4 Å². The van der Waals surface area contributed by atoms with E-state index >= 15 is 0 Å². The Bertz CT molecular complexity index is 372. The topological polar surface area (TPSA) is 30.0 Å². The fourth-order valence-electron chi connectivity index (χ4n) is 0.852. The van der Waals surface area contributed by atoms with E-state index in [1.54, 1.807) is 0 Å². The van der Waals surface area contributed by atoms with Gasteiger partial charge >= 0.3 is 6.18 Å². The number of carbonyl (C=O) groups excluding carboxylic acids is 1. The Labute approximate surface area is 76.6 Å². The van der Waals surface area contributed by atoms with Gasteiger partial charge in [0.15, 0.2) is 11.6 Å². The van der Waals surface area contributed by atoms with Crippen LogP contribution < -0.4 is 0 Å². The number of ketones is 1. The summed E-state index contributed by atoms with van der Waals surface area (Å²) >= 11 is 0. The molecule has 0 atom stereocenters. The van der Waals surface area contributed by atoms with Crippen molar-refractivity contribution in [3.63, 3.8) is 0 Å². The summed E-state index contributed by atoms with van der Waals surface area (Å²) in [6.07, 6.45) is -4.22. The lowest BCUT2D eigenvalue weighted by Crippen LogP contribution is -2.09. The monoisotopic (exact) mass is 207 g/mol. The van der Waals surface area contributed by atoms with Crippen molar-refractivity contribution in [1.29, 1.82) is 0 Å². The maximum Gasteiger partial charge on any atom is 0.417 e. The molecule has 1 aromatic heterocycles. The minimum Gasteiger partial charge on any atom is -0.293 e. The number of hydrogen-bond acceptors (Lipinski definition) is 2. The highest BCUT2D eigenvalue weighted by Crippen LogP contribution is 2.29. The van der Waals surface area contributed by atoms with E-state index in [1.165, 1.54) is 0 Å². The summed E-state index contributed by atoms with van der Waals surface area (Å²) in [5.74, 6) is -1.97. The Morgan fingerprint density at radius 1 is 1.43 bits per heavy atom. The van der Waals surface area contributed by atoms with Crippen LogP contribution in [0.3, 0.4) is 0 Å². The molecular weight excluding hydrogens is 202 g/mol. The summed E-state index contributed by atoms with van der Waals surface area (Å²) in [5, 5.41) is 0. The van der Waals surface area contributed by atoms with Gasteiger partial charge < -0.3 is 0 Å². The van der Waals surface area contributed by atoms with E-state index in [1.807, 2.05) is 0 Å². The van der Waals surface area contributed by atoms with Crippen molar-refractivity contribution >= 4 is 5.78 Å². The highest BCUT2D eigenvalue weighted by atomic mass is 19.4. The van der Waals surface area contributed by atoms with Gasteiger partial charge in [-0.3, -0.25) is 4.79 Å². The summed E-state index contributed by atoms with van der Waals surface area (Å²) in [5.41, 5.74) is -1.79. The highest BCUT2D eigenvalue weighted by molar-refractivity contribution is 5.92. The van der Waals surface area contributed by atoms with Gasteiger partial charge in [0.2, 0.25) is 0 Å². The fourth-order valence-corrected chi connectivity index (χ4v) is 0.852. The van der Waals surface area contributed by atoms with E-state index in [-0.39, 0.29) is 6.07 Å². The van der Waals surface area contributed by atoms with Gasteiger partial charge in [0, 0.05) is 13.1 Å². The van der Waals surface area contributed by atoms with Crippen LogP contribution in [0.4, 0.5) is 17.6 Å². The molecule has 0 fully saturated rings. The van der Waals surface area contributed by atoms with Crippen LogP contribution in [0.25, 0.3) is 0 Å². The first kappa shape index (κ1) is 10.6. The minimum atomic E-state index is -4.65. The Balaban J connectivity index is 3.20. The average molecular weight is 207 g/mol. The largest absolute Gasteiger partial charge is 0.417 e. The third-order valence-electron chi connectivity index (χ3n) is 1.50. The van der Waals surface area contributed by atoms with Crippen LogP contribution >= 0.6 is 0 Å². The normalized spacial score (nSPS) is 11.5. The van der Waals surface area contributed by atoms with Crippen LogP contribution in [0.15, 0.2) is 12.3 Å². The molecule has 0 aromatic carbocycles. The number of carbonyl (C=O) groups is 1. The van der Waals surface area contributed by atoms with Gasteiger partial charge in [0.25, 0.3) is 0 Å². The second-order valence-electron chi connectivity index (χ2n) is 2.61. The molecular formula is C8H5F4NO. The van der Waals surface area contributed by atoms with Crippen molar-refractivity contribution in [1.82, 2.24) is 4.98 Å². The van der Waals surface area contributed by atoms with Gasteiger partial charge in [-0.1, -0.05) is 0 Å². The van der Waals surface area contributed by atoms with Crippen molar-refractivity contribution in [2.75, 3.05) is 0 Å². The summed E-state index contributed by atoms with van der Waals surface area (Å²) in [7, 11) is 0. The number of halogens is 4. The summed E-state index contributed by atoms with van der Waals surface area (Å²) in [6, 6.07) is 0.254. The van der Waals surface area contributed by atoms with Crippen LogP contribution in [0.5, 0.6) is 0 Å². The Morgan fingerprint density at radius 3 is 2.36 bits per heavy atom. The molecule has 1 aromatic rings. The van der Waals surface area contributed by atoms with E-state index in [9.17, 15) is 22.4 Å². The molecule has 14 heavy (non-hydrogen) atoms. The molecule has 0 bridgehead atoms. The first-order chi connectivity index (χ1) is 6.32. The standard InChI is InChI=1S/C8H5F4NO/c1-4(14)7-6(9)2-5(3-13-7)8(10,11)12/h2-3H,1H3. The van der Waals surface area contributed by atoms with Gasteiger partial charge in [-0.15, -0.1) is 0 Å². The second kappa shape index (κ2) is 3.36. The van der Waals surface area contributed by atoms with Gasteiger partial charge in [-0.2, -0.15) is 13.2 Å². The smallest absolute Gasteiger partial charge is 0.293 e. The lowest BCUT2D eigenvalue weighted by Gasteiger charge is -2.06. The molecule has 0 aliphatic heterocycles. The van der Waals surface area contributed by atoms with Gasteiger partial charge in [-0.25, -0.2) is 9.37 Å². The summed E-state index contributed by atoms with van der Waals surface area (Å²) in [6.45, 7) is 1.03. The number of alkyl halides is 3. The molecule has 76 valence electrons. The highest BCUT2D eigenvalue weighted by Gasteiger charge is 2.32. The SMILES string of the molecule is CC(=O)c1ncc(C(F)(F)F)cc1F. The van der Waals surface area contributed by atoms with Crippen LogP contribution in [-0.2, 0) is 6.18 Å². The fraction of sp³-hybridized carbons (Fsp3) is 0.250. The molecule has 6 heteroatoms. The van der Waals surface area contributed by atoms with Crippen LogP contribution in [0, 0.1) is 5.82 Å². The third kappa shape index (κ3) is 2.07. The number of hydrogen-bond donors (Lipinski definition) is 0. The average Bonchev–Trinajstić information content (AvgIpc) is 2.01. The van der Waals surface area contributed by atoms with Crippen LogP contribution in [0.1, 0.15) is 23.0 Å². The molecule has 0 radical (unpaired) electrons. The second-order valence-corrected chi connectivity index (χ2v) is 2.61. The zero-order valence-corrected chi connectivity index (χ0v) is 7.02. The molecule has 0 saturated carbocycles. The first-order valence-corrected chi connectivity index (χ1v) is 3.56. The zero-order chi connectivity index (χ0) is 10.9. The van der Waals surface area contributed by atoms with E-state index in [4.69, 9.17) is 0 Å². The lowest BCUT2D eigenvalue weighted by molar-refractivity contribution is -0.138. The molecule has 0 aliphatic rings. The van der Waals surface area contributed by atoms with E-state index in [0.717, 1.165) is 6.92 Å². The predicted molar refractivity (Wildman–Crippen MR) is 39.2 cm³/mol. The Kier molecular flexibility index (Phi) is 2.55. The molecule has 1 rings (SSSR count). The van der Waals surface area contributed by atoms with E-state index < -0.39 is 29.0 Å². The van der Waals surface area contributed by atoms with Gasteiger partial charge in [0.05, 0.1) is 5.56 Å². The molecule has 0 unspecified atom stereocenters. The van der Waals surface area contributed by atoms with E-state index in [0.29, 0.717) is 6.20 Å². The minimum absolute atomic E-state index is 0.254. The number of aromatic nitrogens is 1. The van der Waals surface area contributed by atoms with Crippen molar-refractivity contribution in [3.8, 4) is 0 Å². The van der Waals surface area contributed by atoms with Gasteiger partial charge in [0.1, 0.15) is 5.69 Å². The quantitative estimate of drug-likeness (QED) is 0.523.